The number of amides is 4. The van der Waals surface area contributed by atoms with E-state index in [1.54, 1.807) is 0 Å². The average molecular weight is 763 g/mol. The summed E-state index contributed by atoms with van der Waals surface area (Å²) in [6, 6.07) is 3.01. The molecule has 8 aliphatic rings. The molecular formula is C44H70N6O5. The smallest absolute Gasteiger partial charge is 0.317 e. The van der Waals surface area contributed by atoms with Crippen LogP contribution in [0.4, 0.5) is 9.59 Å². The molecule has 4 amide bonds. The second-order valence-electron chi connectivity index (χ2n) is 17.4. The molecule has 55 heavy (non-hydrogen) atoms. The Labute approximate surface area is 331 Å². The number of Topliss-reactive ketones (excluding diaryl/α,β-unsaturated/α-hetero) is 1. The number of likely N-dealkylation sites (tertiary alicyclic amines) is 1. The van der Waals surface area contributed by atoms with E-state index < -0.39 is 0 Å². The number of carbonyl (C=O) groups excluding carboxylic acids is 3. The lowest BCUT2D eigenvalue weighted by molar-refractivity contribution is -0.122. The highest BCUT2D eigenvalue weighted by Crippen LogP contribution is 2.36. The number of nitrogens with zero attached hydrogens (tertiary/aromatic N) is 3. The van der Waals surface area contributed by atoms with E-state index >= 15 is 0 Å². The summed E-state index contributed by atoms with van der Waals surface area (Å²) in [6.45, 7) is 7.00. The first-order valence-electron chi connectivity index (χ1n) is 22.1. The molecule has 8 rings (SSSR count). The molecule has 0 unspecified atom stereocenters. The predicted octanol–water partition coefficient (Wildman–Crippen LogP) is 5.47. The molecule has 8 fully saturated rings. The molecule has 4 atom stereocenters. The van der Waals surface area contributed by atoms with Crippen LogP contribution in [0.15, 0.2) is 0 Å². The first-order chi connectivity index (χ1) is 26.9. The Morgan fingerprint density at radius 2 is 1.04 bits per heavy atom. The number of ketones is 1. The van der Waals surface area contributed by atoms with Gasteiger partial charge in [0, 0.05) is 69.2 Å². The number of carbonyl (C=O) groups is 3. The zero-order chi connectivity index (χ0) is 38.4. The van der Waals surface area contributed by atoms with E-state index in [4.69, 9.17) is 22.3 Å². The number of fused-ring (bicyclic) bond motifs is 2. The number of rotatable bonds is 7. The molecule has 3 N–H and O–H groups in total. The minimum Gasteiger partial charge on any atom is -0.366 e. The molecule has 4 aliphatic heterocycles. The minimum atomic E-state index is 0.194. The van der Waals surface area contributed by atoms with Gasteiger partial charge in [-0.1, -0.05) is 37.5 Å². The Kier molecular flexibility index (Phi) is 16.4. The first-order valence-corrected chi connectivity index (χ1v) is 22.1. The van der Waals surface area contributed by atoms with E-state index in [1.807, 2.05) is 0 Å². The summed E-state index contributed by atoms with van der Waals surface area (Å²) in [5, 5.41) is 9.65. The topological polar surface area (TPSA) is 115 Å². The van der Waals surface area contributed by atoms with Gasteiger partial charge in [0.05, 0.1) is 12.2 Å². The van der Waals surface area contributed by atoms with Crippen molar-refractivity contribution in [2.45, 2.75) is 171 Å². The van der Waals surface area contributed by atoms with Gasteiger partial charge in [-0.2, -0.15) is 0 Å². The van der Waals surface area contributed by atoms with Gasteiger partial charge in [0.15, 0.2) is 0 Å². The quantitative estimate of drug-likeness (QED) is 0.295. The van der Waals surface area contributed by atoms with Gasteiger partial charge in [0.2, 0.25) is 0 Å². The fourth-order valence-corrected chi connectivity index (χ4v) is 11.0. The first kappa shape index (κ1) is 41.8. The van der Waals surface area contributed by atoms with Gasteiger partial charge < -0.3 is 40.1 Å². The second kappa shape index (κ2) is 21.6. The molecule has 306 valence electrons. The number of piperidine rings is 2. The van der Waals surface area contributed by atoms with Crippen LogP contribution in [0, 0.1) is 36.5 Å². The summed E-state index contributed by atoms with van der Waals surface area (Å²) in [7, 11) is 0. The van der Waals surface area contributed by atoms with Crippen molar-refractivity contribution in [1.82, 2.24) is 30.7 Å². The van der Waals surface area contributed by atoms with Crippen LogP contribution >= 0.6 is 0 Å². The molecule has 0 aromatic rings. The molecule has 0 spiro atoms. The van der Waals surface area contributed by atoms with E-state index in [-0.39, 0.29) is 18.2 Å². The molecule has 0 aromatic carbocycles. The molecule has 0 aromatic heterocycles. The largest absolute Gasteiger partial charge is 0.366 e. The van der Waals surface area contributed by atoms with Crippen molar-refractivity contribution in [3.05, 3.63) is 0 Å². The van der Waals surface area contributed by atoms with E-state index in [0.29, 0.717) is 80.0 Å². The fourth-order valence-electron chi connectivity index (χ4n) is 11.0. The van der Waals surface area contributed by atoms with Crippen LogP contribution < -0.4 is 16.0 Å². The van der Waals surface area contributed by atoms with Crippen LogP contribution in [0.25, 0.3) is 0 Å². The van der Waals surface area contributed by atoms with Crippen molar-refractivity contribution in [2.24, 2.45) is 11.8 Å². The summed E-state index contributed by atoms with van der Waals surface area (Å²) in [5.41, 5.74) is 0. The van der Waals surface area contributed by atoms with Gasteiger partial charge in [-0.3, -0.25) is 4.79 Å². The van der Waals surface area contributed by atoms with E-state index in [9.17, 15) is 14.4 Å². The van der Waals surface area contributed by atoms with E-state index in [2.05, 4.69) is 42.5 Å². The molecule has 4 saturated heterocycles. The zero-order valence-corrected chi connectivity index (χ0v) is 33.5. The number of ether oxygens (including phenoxy) is 2. The fraction of sp³-hybridized carbons (Fsp3) is 0.841. The molecule has 4 aliphatic carbocycles. The lowest BCUT2D eigenvalue weighted by atomic mass is 9.81. The molecule has 0 bridgehead atoms. The maximum atomic E-state index is 12.6. The standard InChI is InChI=1S/C22H35N3O2.C13H23N3O.C9H12O2/c1-2-15-27-20-9-7-18(8-10-20)24-13-11-19(12-14-24)25-21-6-4-3-5-17(21)16-23-22(25)26;17-13-15-9-10-3-1-2-4-12(10)16(13)11-5-7-14-8-6-11;1-2-7-11-9-5-3-8(10)4-6-9/h1,17-21H,3-16H2,(H,23,26);10-12,14H,1-9H2,(H,15,17);1,9H,3-7H2/t17-,18?,20?,21+;10-,12+;/m11./s1. The van der Waals surface area contributed by atoms with Crippen molar-refractivity contribution in [3.8, 4) is 24.7 Å². The van der Waals surface area contributed by atoms with Crippen LogP contribution in [0.1, 0.15) is 128 Å². The van der Waals surface area contributed by atoms with Crippen LogP contribution in [-0.4, -0.2) is 127 Å². The summed E-state index contributed by atoms with van der Waals surface area (Å²) in [4.78, 5) is 42.7. The van der Waals surface area contributed by atoms with Gasteiger partial charge >= 0.3 is 12.1 Å². The number of hydrogen-bond acceptors (Lipinski definition) is 7. The SMILES string of the molecule is C#CCOC1CCC(=O)CC1.C#CCOC1CCC(N2CCC(N3C(=O)NC[C@H]4CCCC[C@@H]43)CC2)CC1.O=C1NC[C@H]2CCCC[C@@H]2N1C1CCNCC1. The Morgan fingerprint density at radius 1 is 0.564 bits per heavy atom. The lowest BCUT2D eigenvalue weighted by Gasteiger charge is -2.50. The third-order valence-electron chi connectivity index (χ3n) is 14.0. The highest BCUT2D eigenvalue weighted by atomic mass is 16.5. The van der Waals surface area contributed by atoms with Gasteiger partial charge in [-0.15, -0.1) is 12.8 Å². The summed E-state index contributed by atoms with van der Waals surface area (Å²) >= 11 is 0. The van der Waals surface area contributed by atoms with Crippen LogP contribution in [0.5, 0.6) is 0 Å². The lowest BCUT2D eigenvalue weighted by Crippen LogP contribution is -2.63. The van der Waals surface area contributed by atoms with Crippen LogP contribution in [0.3, 0.4) is 0 Å². The number of hydrogen-bond donors (Lipinski definition) is 3. The second-order valence-corrected chi connectivity index (χ2v) is 17.4. The molecule has 4 saturated carbocycles. The van der Waals surface area contributed by atoms with Crippen molar-refractivity contribution in [2.75, 3.05) is 52.5 Å². The maximum absolute atomic E-state index is 12.6. The van der Waals surface area contributed by atoms with Crippen LogP contribution in [0.2, 0.25) is 0 Å². The highest BCUT2D eigenvalue weighted by Gasteiger charge is 2.43. The van der Waals surface area contributed by atoms with Crippen molar-refractivity contribution < 1.29 is 23.9 Å². The Morgan fingerprint density at radius 3 is 1.55 bits per heavy atom. The molecule has 0 radical (unpaired) electrons. The summed E-state index contributed by atoms with van der Waals surface area (Å²) in [5.74, 6) is 6.73. The molecular weight excluding hydrogens is 693 g/mol. The van der Waals surface area contributed by atoms with Crippen molar-refractivity contribution >= 4 is 17.8 Å². The minimum absolute atomic E-state index is 0.194. The molecule has 11 heteroatoms. The molecule has 11 nitrogen and oxygen atoms in total. The van der Waals surface area contributed by atoms with Gasteiger partial charge in [-0.25, -0.2) is 9.59 Å². The van der Waals surface area contributed by atoms with Gasteiger partial charge in [-0.05, 0) is 115 Å². The van der Waals surface area contributed by atoms with Gasteiger partial charge in [0.25, 0.3) is 0 Å². The third kappa shape index (κ3) is 11.6. The molecule has 4 heterocycles. The van der Waals surface area contributed by atoms with E-state index in [1.165, 1.54) is 64.2 Å². The zero-order valence-electron chi connectivity index (χ0n) is 33.5. The Balaban J connectivity index is 0.000000156. The highest BCUT2D eigenvalue weighted by molar-refractivity contribution is 5.79. The van der Waals surface area contributed by atoms with Gasteiger partial charge in [0.1, 0.15) is 19.0 Å². The summed E-state index contributed by atoms with van der Waals surface area (Å²) in [6.07, 6.45) is 33.4. The maximum Gasteiger partial charge on any atom is 0.317 e. The number of terminal acetylenes is 2. The van der Waals surface area contributed by atoms with E-state index in [0.717, 1.165) is 90.6 Å². The monoisotopic (exact) mass is 763 g/mol. The third-order valence-corrected chi connectivity index (χ3v) is 14.0. The van der Waals surface area contributed by atoms with Crippen LogP contribution in [-0.2, 0) is 14.3 Å². The van der Waals surface area contributed by atoms with Crippen molar-refractivity contribution in [1.29, 1.82) is 0 Å². The summed E-state index contributed by atoms with van der Waals surface area (Å²) < 4.78 is 11.0. The van der Waals surface area contributed by atoms with Crippen molar-refractivity contribution in [3.63, 3.8) is 0 Å². The predicted molar refractivity (Wildman–Crippen MR) is 215 cm³/mol. The number of nitrogens with one attached hydrogen (secondary N) is 3. The normalized spacial score (nSPS) is 32.5. The average Bonchev–Trinajstić information content (AvgIpc) is 3.24. The Hall–Kier alpha value is -2.83. The Bertz CT molecular complexity index is 1300. The number of urea groups is 2.